The van der Waals surface area contributed by atoms with Gasteiger partial charge in [-0.1, -0.05) is 17.7 Å². The third-order valence-corrected chi connectivity index (χ3v) is 7.12. The molecule has 1 N–H and O–H groups in total. The first-order valence-corrected chi connectivity index (χ1v) is 11.5. The Morgan fingerprint density at radius 2 is 1.84 bits per heavy atom. The van der Waals surface area contributed by atoms with Gasteiger partial charge in [0.05, 0.1) is 21.4 Å². The van der Waals surface area contributed by atoms with Crippen LogP contribution in [0.4, 0.5) is 18.9 Å². The Morgan fingerprint density at radius 1 is 1.13 bits per heavy atom. The molecule has 0 aromatic heterocycles. The number of carbonyl (C=O) groups is 1. The summed E-state index contributed by atoms with van der Waals surface area (Å²) in [6, 6.07) is 8.68. The number of hydrogen-bond acceptors (Lipinski definition) is 3. The highest BCUT2D eigenvalue weighted by Crippen LogP contribution is 2.34. The van der Waals surface area contributed by atoms with Crippen molar-refractivity contribution in [2.24, 2.45) is 5.92 Å². The molecule has 168 valence electrons. The number of aryl methyl sites for hydroxylation is 2. The molecule has 1 fully saturated rings. The van der Waals surface area contributed by atoms with Crippen LogP contribution in [0.2, 0.25) is 5.02 Å². The summed E-state index contributed by atoms with van der Waals surface area (Å²) in [6.07, 6.45) is -4.24. The molecule has 1 amide bonds. The topological polar surface area (TPSA) is 66.5 Å². The lowest BCUT2D eigenvalue weighted by molar-refractivity contribution is -0.184. The molecule has 3 rings (SSSR count). The van der Waals surface area contributed by atoms with Gasteiger partial charge in [-0.15, -0.1) is 0 Å². The highest BCUT2D eigenvalue weighted by molar-refractivity contribution is 7.92. The third kappa shape index (κ3) is 5.33. The van der Waals surface area contributed by atoms with E-state index in [9.17, 15) is 26.4 Å². The molecule has 0 radical (unpaired) electrons. The number of alkyl halides is 3. The average molecular weight is 475 g/mol. The summed E-state index contributed by atoms with van der Waals surface area (Å²) in [6.45, 7) is 3.42. The van der Waals surface area contributed by atoms with Crippen LogP contribution in [-0.4, -0.2) is 38.5 Å². The number of piperidine rings is 1. The van der Waals surface area contributed by atoms with Gasteiger partial charge in [0.2, 0.25) is 0 Å². The van der Waals surface area contributed by atoms with E-state index < -0.39 is 34.6 Å². The van der Waals surface area contributed by atoms with Crippen LogP contribution in [-0.2, 0) is 10.0 Å². The van der Waals surface area contributed by atoms with Crippen LogP contribution >= 0.6 is 11.6 Å². The Hall–Kier alpha value is -2.26. The van der Waals surface area contributed by atoms with Crippen LogP contribution in [0, 0.1) is 19.8 Å². The van der Waals surface area contributed by atoms with Crippen molar-refractivity contribution in [3.8, 4) is 0 Å². The van der Waals surface area contributed by atoms with Crippen molar-refractivity contribution >= 4 is 33.2 Å². The Balaban J connectivity index is 1.87. The van der Waals surface area contributed by atoms with Crippen molar-refractivity contribution < 1.29 is 26.4 Å². The van der Waals surface area contributed by atoms with E-state index in [2.05, 4.69) is 4.72 Å². The number of rotatable bonds is 4. The zero-order valence-electron chi connectivity index (χ0n) is 17.0. The van der Waals surface area contributed by atoms with Gasteiger partial charge in [-0.3, -0.25) is 9.52 Å². The number of nitrogens with zero attached hydrogens (tertiary/aromatic N) is 1. The zero-order valence-corrected chi connectivity index (χ0v) is 18.5. The largest absolute Gasteiger partial charge is 0.393 e. The van der Waals surface area contributed by atoms with Crippen molar-refractivity contribution in [3.05, 3.63) is 58.1 Å². The Kier molecular flexibility index (Phi) is 6.57. The molecule has 5 nitrogen and oxygen atoms in total. The lowest BCUT2D eigenvalue weighted by Crippen LogP contribution is -2.44. The molecular weight excluding hydrogens is 453 g/mol. The molecule has 2 aromatic carbocycles. The van der Waals surface area contributed by atoms with Gasteiger partial charge in [0, 0.05) is 18.8 Å². The normalized spacial score (nSPS) is 17.5. The fourth-order valence-corrected chi connectivity index (χ4v) is 4.73. The quantitative estimate of drug-likeness (QED) is 0.664. The molecule has 1 unspecified atom stereocenters. The van der Waals surface area contributed by atoms with E-state index in [0.29, 0.717) is 5.69 Å². The van der Waals surface area contributed by atoms with E-state index in [4.69, 9.17) is 11.6 Å². The molecule has 0 aliphatic carbocycles. The Labute approximate surface area is 184 Å². The van der Waals surface area contributed by atoms with Crippen LogP contribution in [0.1, 0.15) is 34.3 Å². The first kappa shape index (κ1) is 23.4. The minimum absolute atomic E-state index is 0.0238. The van der Waals surface area contributed by atoms with Gasteiger partial charge in [-0.25, -0.2) is 8.42 Å². The minimum atomic E-state index is -4.40. The summed E-state index contributed by atoms with van der Waals surface area (Å²) in [5, 5.41) is -0.0238. The summed E-state index contributed by atoms with van der Waals surface area (Å²) in [4.78, 5) is 13.7. The van der Waals surface area contributed by atoms with Gasteiger partial charge in [-0.2, -0.15) is 13.2 Å². The smallest absolute Gasteiger partial charge is 0.338 e. The van der Waals surface area contributed by atoms with Crippen LogP contribution < -0.4 is 4.72 Å². The van der Waals surface area contributed by atoms with Crippen LogP contribution in [0.25, 0.3) is 0 Å². The Morgan fingerprint density at radius 3 is 2.48 bits per heavy atom. The summed E-state index contributed by atoms with van der Waals surface area (Å²) in [7, 11) is -4.04. The second-order valence-electron chi connectivity index (χ2n) is 7.68. The minimum Gasteiger partial charge on any atom is -0.338 e. The van der Waals surface area contributed by atoms with Crippen molar-refractivity contribution in [2.45, 2.75) is 37.8 Å². The number of likely N-dealkylation sites (tertiary alicyclic amines) is 1. The highest BCUT2D eigenvalue weighted by atomic mass is 35.5. The zero-order chi connectivity index (χ0) is 23.0. The predicted octanol–water partition coefficient (Wildman–Crippen LogP) is 5.17. The monoisotopic (exact) mass is 474 g/mol. The van der Waals surface area contributed by atoms with Crippen molar-refractivity contribution in [1.29, 1.82) is 0 Å². The number of anilines is 1. The Bertz CT molecular complexity index is 1100. The first-order chi connectivity index (χ1) is 14.4. The van der Waals surface area contributed by atoms with E-state index in [1.165, 1.54) is 12.1 Å². The van der Waals surface area contributed by atoms with E-state index in [0.717, 1.165) is 22.1 Å². The number of amides is 1. The molecule has 1 heterocycles. The molecule has 0 saturated carbocycles. The van der Waals surface area contributed by atoms with Gasteiger partial charge < -0.3 is 4.90 Å². The number of sulfonamides is 1. The van der Waals surface area contributed by atoms with Crippen molar-refractivity contribution in [3.63, 3.8) is 0 Å². The van der Waals surface area contributed by atoms with Crippen LogP contribution in [0.3, 0.4) is 0 Å². The number of nitrogens with one attached hydrogen (secondary N) is 1. The highest BCUT2D eigenvalue weighted by Gasteiger charge is 2.43. The van der Waals surface area contributed by atoms with Gasteiger partial charge in [-0.05, 0) is 68.1 Å². The second kappa shape index (κ2) is 8.70. The fraction of sp³-hybridized carbons (Fsp3) is 0.381. The van der Waals surface area contributed by atoms with Gasteiger partial charge in [0.25, 0.3) is 15.9 Å². The SMILES string of the molecule is Cc1ccc(NS(=O)(=O)c2ccc(Cl)c(C(=O)N3CCCC(C(F)(F)F)C3)c2)cc1C. The molecule has 2 aromatic rings. The molecule has 1 aliphatic heterocycles. The first-order valence-electron chi connectivity index (χ1n) is 9.64. The van der Waals surface area contributed by atoms with E-state index in [1.54, 1.807) is 18.2 Å². The maximum atomic E-state index is 13.1. The molecule has 1 aliphatic rings. The number of hydrogen-bond donors (Lipinski definition) is 1. The molecule has 0 spiro atoms. The number of carbonyl (C=O) groups excluding carboxylic acids is 1. The van der Waals surface area contributed by atoms with Gasteiger partial charge in [0.1, 0.15) is 0 Å². The molecule has 1 atom stereocenters. The van der Waals surface area contributed by atoms with E-state index in [-0.39, 0.29) is 34.9 Å². The lowest BCUT2D eigenvalue weighted by Gasteiger charge is -2.34. The summed E-state index contributed by atoms with van der Waals surface area (Å²) >= 11 is 6.10. The van der Waals surface area contributed by atoms with E-state index >= 15 is 0 Å². The second-order valence-corrected chi connectivity index (χ2v) is 9.77. The molecule has 10 heteroatoms. The van der Waals surface area contributed by atoms with Crippen molar-refractivity contribution in [2.75, 3.05) is 17.8 Å². The summed E-state index contributed by atoms with van der Waals surface area (Å²) in [5.41, 5.74) is 2.11. The maximum Gasteiger partial charge on any atom is 0.393 e. The summed E-state index contributed by atoms with van der Waals surface area (Å²) in [5.74, 6) is -2.33. The standard InChI is InChI=1S/C21H22ClF3N2O3S/c1-13-5-6-16(10-14(13)2)26-31(29,30)17-7-8-19(22)18(11-17)20(28)27-9-3-4-15(12-27)21(23,24)25/h5-8,10-11,15,26H,3-4,9,12H2,1-2H3. The number of halogens is 4. The van der Waals surface area contributed by atoms with E-state index in [1.807, 2.05) is 13.8 Å². The maximum absolute atomic E-state index is 13.1. The van der Waals surface area contributed by atoms with Gasteiger partial charge in [0.15, 0.2) is 0 Å². The molecule has 31 heavy (non-hydrogen) atoms. The number of benzene rings is 2. The third-order valence-electron chi connectivity index (χ3n) is 5.41. The van der Waals surface area contributed by atoms with Crippen LogP contribution in [0.15, 0.2) is 41.3 Å². The molecule has 1 saturated heterocycles. The lowest BCUT2D eigenvalue weighted by atomic mass is 9.97. The summed E-state index contributed by atoms with van der Waals surface area (Å²) < 4.78 is 67.3. The average Bonchev–Trinajstić information content (AvgIpc) is 2.69. The van der Waals surface area contributed by atoms with Gasteiger partial charge >= 0.3 is 6.18 Å². The van der Waals surface area contributed by atoms with Crippen LogP contribution in [0.5, 0.6) is 0 Å². The molecular formula is C21H22ClF3N2O3S. The predicted molar refractivity (Wildman–Crippen MR) is 113 cm³/mol. The fourth-order valence-electron chi connectivity index (χ4n) is 3.45. The molecule has 0 bridgehead atoms. The van der Waals surface area contributed by atoms with Crippen molar-refractivity contribution in [1.82, 2.24) is 4.90 Å².